The number of aryl methyl sites for hydroxylation is 2. The van der Waals surface area contributed by atoms with Crippen LogP contribution in [0.2, 0.25) is 0 Å². The van der Waals surface area contributed by atoms with E-state index in [1.807, 2.05) is 18.2 Å². The first-order valence-electron chi connectivity index (χ1n) is 8.67. The number of nitrogens with one attached hydrogen (secondary N) is 2. The van der Waals surface area contributed by atoms with Crippen LogP contribution in [0.15, 0.2) is 54.7 Å². The molecule has 0 radical (unpaired) electrons. The van der Waals surface area contributed by atoms with Crippen LogP contribution in [0.25, 0.3) is 0 Å². The highest BCUT2D eigenvalue weighted by Crippen LogP contribution is 2.18. The number of nitrogens with zero attached hydrogens (tertiary/aromatic N) is 2. The summed E-state index contributed by atoms with van der Waals surface area (Å²) in [6.45, 7) is 4.94. The van der Waals surface area contributed by atoms with Crippen LogP contribution in [0.5, 0.6) is 5.75 Å². The summed E-state index contributed by atoms with van der Waals surface area (Å²) < 4.78 is 5.26. The van der Waals surface area contributed by atoms with Crippen LogP contribution in [0.1, 0.15) is 16.7 Å². The van der Waals surface area contributed by atoms with Crippen molar-refractivity contribution >= 4 is 17.5 Å². The van der Waals surface area contributed by atoms with E-state index in [1.165, 1.54) is 16.7 Å². The standard InChI is InChI=1S/C21H24N4O/c1-15-11-16(2)13-18(12-15)24-21-23-10-8-20(25-21)22-9-7-17-5-4-6-19(14-17)26-3/h4-6,8,10-14H,7,9H2,1-3H3,(H2,22,23,24,25). The molecule has 26 heavy (non-hydrogen) atoms. The third kappa shape index (κ3) is 4.96. The van der Waals surface area contributed by atoms with Crippen LogP contribution in [0.3, 0.4) is 0 Å². The molecule has 3 aromatic rings. The maximum Gasteiger partial charge on any atom is 0.229 e. The monoisotopic (exact) mass is 348 g/mol. The second kappa shape index (κ2) is 8.34. The van der Waals surface area contributed by atoms with Gasteiger partial charge in [-0.25, -0.2) is 4.98 Å². The minimum Gasteiger partial charge on any atom is -0.497 e. The second-order valence-corrected chi connectivity index (χ2v) is 6.30. The van der Waals surface area contributed by atoms with E-state index in [1.54, 1.807) is 13.3 Å². The number of rotatable bonds is 7. The van der Waals surface area contributed by atoms with Crippen molar-refractivity contribution in [3.63, 3.8) is 0 Å². The normalized spacial score (nSPS) is 10.4. The van der Waals surface area contributed by atoms with Crippen molar-refractivity contribution in [2.45, 2.75) is 20.3 Å². The van der Waals surface area contributed by atoms with Gasteiger partial charge in [-0.05, 0) is 67.3 Å². The smallest absolute Gasteiger partial charge is 0.229 e. The summed E-state index contributed by atoms with van der Waals surface area (Å²) >= 11 is 0. The van der Waals surface area contributed by atoms with Crippen molar-refractivity contribution in [2.24, 2.45) is 0 Å². The van der Waals surface area contributed by atoms with Gasteiger partial charge in [0.1, 0.15) is 11.6 Å². The molecule has 1 heterocycles. The van der Waals surface area contributed by atoms with Crippen LogP contribution >= 0.6 is 0 Å². The zero-order valence-corrected chi connectivity index (χ0v) is 15.4. The number of methoxy groups -OCH3 is 1. The van der Waals surface area contributed by atoms with Crippen molar-refractivity contribution in [1.29, 1.82) is 0 Å². The van der Waals surface area contributed by atoms with E-state index in [2.05, 4.69) is 64.8 Å². The lowest BCUT2D eigenvalue weighted by Gasteiger charge is -2.10. The molecule has 0 unspecified atom stereocenters. The van der Waals surface area contributed by atoms with Crippen molar-refractivity contribution in [3.05, 3.63) is 71.4 Å². The number of anilines is 3. The minimum absolute atomic E-state index is 0.585. The zero-order valence-electron chi connectivity index (χ0n) is 15.4. The average molecular weight is 348 g/mol. The molecule has 2 N–H and O–H groups in total. The Balaban J connectivity index is 1.60. The predicted molar refractivity (Wildman–Crippen MR) is 106 cm³/mol. The first kappa shape index (κ1) is 17.7. The number of aromatic nitrogens is 2. The fraction of sp³-hybridized carbons (Fsp3) is 0.238. The van der Waals surface area contributed by atoms with Gasteiger partial charge in [0, 0.05) is 18.4 Å². The highest BCUT2D eigenvalue weighted by atomic mass is 16.5. The van der Waals surface area contributed by atoms with Gasteiger partial charge in [0.15, 0.2) is 0 Å². The molecule has 2 aromatic carbocycles. The van der Waals surface area contributed by atoms with Crippen molar-refractivity contribution in [1.82, 2.24) is 9.97 Å². The van der Waals surface area contributed by atoms with Crippen LogP contribution in [0, 0.1) is 13.8 Å². The van der Waals surface area contributed by atoms with Gasteiger partial charge in [-0.15, -0.1) is 0 Å². The Kier molecular flexibility index (Phi) is 5.69. The van der Waals surface area contributed by atoms with Crippen molar-refractivity contribution < 1.29 is 4.74 Å². The van der Waals surface area contributed by atoms with Gasteiger partial charge in [0.2, 0.25) is 5.95 Å². The average Bonchev–Trinajstić information content (AvgIpc) is 2.61. The Bertz CT molecular complexity index is 859. The van der Waals surface area contributed by atoms with Gasteiger partial charge in [0.25, 0.3) is 0 Å². The molecule has 0 aliphatic rings. The van der Waals surface area contributed by atoms with Gasteiger partial charge in [0.05, 0.1) is 7.11 Å². The molecule has 1 aromatic heterocycles. The second-order valence-electron chi connectivity index (χ2n) is 6.30. The fourth-order valence-corrected chi connectivity index (χ4v) is 2.86. The highest BCUT2D eigenvalue weighted by molar-refractivity contribution is 5.57. The molecule has 0 bridgehead atoms. The first-order valence-corrected chi connectivity index (χ1v) is 8.67. The molecule has 0 saturated heterocycles. The lowest BCUT2D eigenvalue weighted by molar-refractivity contribution is 0.414. The van der Waals surface area contributed by atoms with Crippen LogP contribution in [-0.4, -0.2) is 23.6 Å². The number of hydrogen-bond donors (Lipinski definition) is 2. The molecule has 0 amide bonds. The Labute approximate surface area is 154 Å². The van der Waals surface area contributed by atoms with Gasteiger partial charge in [-0.3, -0.25) is 0 Å². The Morgan fingerprint density at radius 2 is 1.81 bits per heavy atom. The molecule has 0 fully saturated rings. The lowest BCUT2D eigenvalue weighted by atomic mass is 10.1. The van der Waals surface area contributed by atoms with E-state index >= 15 is 0 Å². The molecule has 0 aliphatic heterocycles. The first-order chi connectivity index (χ1) is 12.6. The highest BCUT2D eigenvalue weighted by Gasteiger charge is 2.02. The molecular formula is C21H24N4O. The van der Waals surface area contributed by atoms with Crippen molar-refractivity contribution in [2.75, 3.05) is 24.3 Å². The minimum atomic E-state index is 0.585. The summed E-state index contributed by atoms with van der Waals surface area (Å²) in [6.07, 6.45) is 2.65. The van der Waals surface area contributed by atoms with Crippen LogP contribution in [-0.2, 0) is 6.42 Å². The SMILES string of the molecule is COc1cccc(CCNc2ccnc(Nc3cc(C)cc(C)c3)n2)c1. The number of ether oxygens (including phenoxy) is 1. The molecule has 0 aliphatic carbocycles. The topological polar surface area (TPSA) is 59.1 Å². The third-order valence-electron chi connectivity index (χ3n) is 3.99. The summed E-state index contributed by atoms with van der Waals surface area (Å²) in [7, 11) is 1.68. The van der Waals surface area contributed by atoms with Gasteiger partial charge >= 0.3 is 0 Å². The third-order valence-corrected chi connectivity index (χ3v) is 3.99. The predicted octanol–water partition coefficient (Wildman–Crippen LogP) is 4.50. The van der Waals surface area contributed by atoms with E-state index in [0.717, 1.165) is 30.2 Å². The molecule has 0 saturated carbocycles. The van der Waals surface area contributed by atoms with Crippen LogP contribution < -0.4 is 15.4 Å². The maximum absolute atomic E-state index is 5.26. The summed E-state index contributed by atoms with van der Waals surface area (Å²) in [6, 6.07) is 16.3. The zero-order chi connectivity index (χ0) is 18.4. The molecule has 5 nitrogen and oxygen atoms in total. The lowest BCUT2D eigenvalue weighted by Crippen LogP contribution is -2.08. The molecule has 5 heteroatoms. The summed E-state index contributed by atoms with van der Waals surface area (Å²) in [4.78, 5) is 8.84. The Morgan fingerprint density at radius 1 is 1.00 bits per heavy atom. The molecular weight excluding hydrogens is 324 g/mol. The van der Waals surface area contributed by atoms with E-state index < -0.39 is 0 Å². The van der Waals surface area contributed by atoms with E-state index in [-0.39, 0.29) is 0 Å². The van der Waals surface area contributed by atoms with E-state index in [9.17, 15) is 0 Å². The van der Waals surface area contributed by atoms with Crippen molar-refractivity contribution in [3.8, 4) is 5.75 Å². The van der Waals surface area contributed by atoms with E-state index in [0.29, 0.717) is 5.95 Å². The largest absolute Gasteiger partial charge is 0.497 e. The number of benzene rings is 2. The summed E-state index contributed by atoms with van der Waals surface area (Å²) in [5, 5.41) is 6.62. The quantitative estimate of drug-likeness (QED) is 0.658. The summed E-state index contributed by atoms with van der Waals surface area (Å²) in [5.41, 5.74) is 4.63. The van der Waals surface area contributed by atoms with Gasteiger partial charge in [-0.2, -0.15) is 4.98 Å². The number of hydrogen-bond acceptors (Lipinski definition) is 5. The Hall–Kier alpha value is -3.08. The molecule has 0 spiro atoms. The molecule has 3 rings (SSSR count). The van der Waals surface area contributed by atoms with Gasteiger partial charge in [-0.1, -0.05) is 18.2 Å². The van der Waals surface area contributed by atoms with E-state index in [4.69, 9.17) is 4.74 Å². The molecule has 0 atom stereocenters. The van der Waals surface area contributed by atoms with Gasteiger partial charge < -0.3 is 15.4 Å². The maximum atomic E-state index is 5.26. The fourth-order valence-electron chi connectivity index (χ4n) is 2.86. The summed E-state index contributed by atoms with van der Waals surface area (Å²) in [5.74, 6) is 2.26. The molecule has 134 valence electrons. The van der Waals surface area contributed by atoms with Crippen LogP contribution in [0.4, 0.5) is 17.5 Å². The Morgan fingerprint density at radius 3 is 2.58 bits per heavy atom.